The molecule has 2 rings (SSSR count). The van der Waals surface area contributed by atoms with Gasteiger partial charge in [0.2, 0.25) is 15.8 Å². The summed E-state index contributed by atoms with van der Waals surface area (Å²) in [5, 5.41) is 11.0. The summed E-state index contributed by atoms with van der Waals surface area (Å²) in [4.78, 5) is 9.17. The second-order valence-electron chi connectivity index (χ2n) is 4.33. The van der Waals surface area contributed by atoms with Crippen LogP contribution in [0.25, 0.3) is 0 Å². The Balaban J connectivity index is 2.24. The number of benzene rings is 1. The highest BCUT2D eigenvalue weighted by molar-refractivity contribution is 8.00. The summed E-state index contributed by atoms with van der Waals surface area (Å²) < 4.78 is 39.9. The van der Waals surface area contributed by atoms with E-state index in [0.717, 1.165) is 36.8 Å². The molecule has 1 aliphatic rings. The lowest BCUT2D eigenvalue weighted by Gasteiger charge is -2.11. The van der Waals surface area contributed by atoms with Gasteiger partial charge in [0.1, 0.15) is 0 Å². The summed E-state index contributed by atoms with van der Waals surface area (Å²) in [6.45, 7) is 0.195. The van der Waals surface area contributed by atoms with Gasteiger partial charge in [-0.25, -0.2) is 13.1 Å². The maximum absolute atomic E-state index is 13.4. The number of sulfonamides is 1. The Labute approximate surface area is 120 Å². The van der Waals surface area contributed by atoms with Gasteiger partial charge in [-0.1, -0.05) is 6.07 Å². The number of nitro groups is 1. The second kappa shape index (κ2) is 6.06. The normalized spacial score (nSPS) is 19.1. The molecule has 1 atom stereocenters. The van der Waals surface area contributed by atoms with Crippen molar-refractivity contribution in [1.82, 2.24) is 4.72 Å². The van der Waals surface area contributed by atoms with Gasteiger partial charge in [-0.15, -0.1) is 0 Å². The van der Waals surface area contributed by atoms with Crippen molar-refractivity contribution in [2.75, 3.05) is 12.3 Å². The van der Waals surface area contributed by atoms with Crippen LogP contribution in [0.4, 0.5) is 10.1 Å². The monoisotopic (exact) mass is 320 g/mol. The quantitative estimate of drug-likeness (QED) is 0.661. The third-order valence-electron chi connectivity index (χ3n) is 2.95. The number of thioether (sulfide) groups is 1. The molecular weight excluding hydrogens is 307 g/mol. The average Bonchev–Trinajstić information content (AvgIpc) is 2.89. The standard InChI is InChI=1S/C11H13FN2O4S2/c12-9-4-1-5-10(11(9)14(15)16)20(17,18)13-7-8-3-2-6-19-8/h1,4-5,8,13H,2-3,6-7H2. The molecule has 0 aliphatic carbocycles. The first-order chi connectivity index (χ1) is 9.42. The summed E-state index contributed by atoms with van der Waals surface area (Å²) in [5.41, 5.74) is -1.01. The van der Waals surface area contributed by atoms with Crippen molar-refractivity contribution in [3.8, 4) is 0 Å². The summed E-state index contributed by atoms with van der Waals surface area (Å²) in [6, 6.07) is 3.04. The third kappa shape index (κ3) is 3.28. The number of rotatable bonds is 5. The van der Waals surface area contributed by atoms with Crippen molar-refractivity contribution in [3.63, 3.8) is 0 Å². The minimum absolute atomic E-state index is 0.164. The number of halogens is 1. The summed E-state index contributed by atoms with van der Waals surface area (Å²) in [5.74, 6) is -0.180. The fourth-order valence-corrected chi connectivity index (χ4v) is 4.54. The first-order valence-electron chi connectivity index (χ1n) is 5.96. The predicted octanol–water partition coefficient (Wildman–Crippen LogP) is 1.91. The zero-order chi connectivity index (χ0) is 14.8. The van der Waals surface area contributed by atoms with Crippen LogP contribution < -0.4 is 4.72 Å². The van der Waals surface area contributed by atoms with Crippen LogP contribution in [0.2, 0.25) is 0 Å². The minimum atomic E-state index is -4.09. The van der Waals surface area contributed by atoms with E-state index >= 15 is 0 Å². The van der Waals surface area contributed by atoms with Crippen LogP contribution >= 0.6 is 11.8 Å². The van der Waals surface area contributed by atoms with Gasteiger partial charge < -0.3 is 0 Å². The van der Waals surface area contributed by atoms with E-state index in [1.54, 1.807) is 11.8 Å². The van der Waals surface area contributed by atoms with Crippen LogP contribution in [0.3, 0.4) is 0 Å². The highest BCUT2D eigenvalue weighted by Gasteiger charge is 2.30. The number of nitrogens with zero attached hydrogens (tertiary/aromatic N) is 1. The van der Waals surface area contributed by atoms with Gasteiger partial charge in [0.25, 0.3) is 0 Å². The van der Waals surface area contributed by atoms with Gasteiger partial charge >= 0.3 is 5.69 Å². The lowest BCUT2D eigenvalue weighted by molar-refractivity contribution is -0.390. The predicted molar refractivity (Wildman–Crippen MR) is 73.7 cm³/mol. The largest absolute Gasteiger partial charge is 0.324 e. The molecule has 6 nitrogen and oxygen atoms in total. The number of nitro benzene ring substituents is 1. The molecule has 1 unspecified atom stereocenters. The molecule has 9 heteroatoms. The van der Waals surface area contributed by atoms with Crippen molar-refractivity contribution in [2.45, 2.75) is 23.0 Å². The van der Waals surface area contributed by atoms with Gasteiger partial charge in [0.15, 0.2) is 4.90 Å². The van der Waals surface area contributed by atoms with Crippen LogP contribution in [0.5, 0.6) is 0 Å². The fraction of sp³-hybridized carbons (Fsp3) is 0.455. The SMILES string of the molecule is O=[N+]([O-])c1c(F)cccc1S(=O)(=O)NCC1CCCS1. The van der Waals surface area contributed by atoms with E-state index in [0.29, 0.717) is 0 Å². The summed E-state index contributed by atoms with van der Waals surface area (Å²) >= 11 is 1.66. The van der Waals surface area contributed by atoms with Crippen LogP contribution in [-0.4, -0.2) is 30.9 Å². The lowest BCUT2D eigenvalue weighted by Crippen LogP contribution is -2.30. The summed E-state index contributed by atoms with van der Waals surface area (Å²) in [6.07, 6.45) is 1.93. The molecule has 1 aromatic rings. The van der Waals surface area contributed by atoms with E-state index in [9.17, 15) is 22.9 Å². The van der Waals surface area contributed by atoms with Crippen molar-refractivity contribution in [2.24, 2.45) is 0 Å². The highest BCUT2D eigenvalue weighted by atomic mass is 32.2. The van der Waals surface area contributed by atoms with E-state index in [2.05, 4.69) is 4.72 Å². The maximum atomic E-state index is 13.4. The molecule has 0 bridgehead atoms. The Morgan fingerprint density at radius 2 is 2.25 bits per heavy atom. The van der Waals surface area contributed by atoms with Crippen molar-refractivity contribution in [1.29, 1.82) is 0 Å². The first-order valence-corrected chi connectivity index (χ1v) is 8.49. The molecule has 0 saturated carbocycles. The zero-order valence-corrected chi connectivity index (χ0v) is 12.0. The summed E-state index contributed by atoms with van der Waals surface area (Å²) in [7, 11) is -4.09. The van der Waals surface area contributed by atoms with E-state index in [1.807, 2.05) is 0 Å². The van der Waals surface area contributed by atoms with Gasteiger partial charge in [-0.2, -0.15) is 16.2 Å². The van der Waals surface area contributed by atoms with E-state index in [1.165, 1.54) is 0 Å². The van der Waals surface area contributed by atoms with E-state index < -0.39 is 31.3 Å². The molecule has 0 amide bonds. The molecule has 0 aromatic heterocycles. The Hall–Kier alpha value is -1.19. The van der Waals surface area contributed by atoms with Gasteiger partial charge in [-0.3, -0.25) is 10.1 Å². The molecule has 1 fully saturated rings. The van der Waals surface area contributed by atoms with Crippen LogP contribution in [0, 0.1) is 15.9 Å². The first kappa shape index (κ1) is 15.2. The van der Waals surface area contributed by atoms with E-state index in [4.69, 9.17) is 0 Å². The molecular formula is C11H13FN2O4S2. The average molecular weight is 320 g/mol. The molecule has 1 aromatic carbocycles. The minimum Gasteiger partial charge on any atom is -0.258 e. The number of nitrogens with one attached hydrogen (secondary N) is 1. The number of hydrogen-bond donors (Lipinski definition) is 1. The fourth-order valence-electron chi connectivity index (χ4n) is 1.98. The van der Waals surface area contributed by atoms with Gasteiger partial charge in [0.05, 0.1) is 4.92 Å². The van der Waals surface area contributed by atoms with Crippen LogP contribution in [0.1, 0.15) is 12.8 Å². The Morgan fingerprint density at radius 1 is 1.50 bits per heavy atom. The topological polar surface area (TPSA) is 89.3 Å². The molecule has 1 heterocycles. The maximum Gasteiger partial charge on any atom is 0.324 e. The van der Waals surface area contributed by atoms with Crippen LogP contribution in [-0.2, 0) is 10.0 Å². The van der Waals surface area contributed by atoms with Crippen LogP contribution in [0.15, 0.2) is 23.1 Å². The Morgan fingerprint density at radius 3 is 2.85 bits per heavy atom. The smallest absolute Gasteiger partial charge is 0.258 e. The van der Waals surface area contributed by atoms with Gasteiger partial charge in [-0.05, 0) is 30.7 Å². The highest BCUT2D eigenvalue weighted by Crippen LogP contribution is 2.28. The molecule has 110 valence electrons. The van der Waals surface area contributed by atoms with Crippen molar-refractivity contribution >= 4 is 27.5 Å². The lowest BCUT2D eigenvalue weighted by atomic mass is 10.2. The second-order valence-corrected chi connectivity index (χ2v) is 7.47. The molecule has 1 N–H and O–H groups in total. The molecule has 1 aliphatic heterocycles. The van der Waals surface area contributed by atoms with Gasteiger partial charge in [0, 0.05) is 11.8 Å². The van der Waals surface area contributed by atoms with E-state index in [-0.39, 0.29) is 11.8 Å². The van der Waals surface area contributed by atoms with Crippen molar-refractivity contribution < 1.29 is 17.7 Å². The molecule has 0 radical (unpaired) electrons. The Bertz CT molecular complexity index is 615. The third-order valence-corrected chi connectivity index (χ3v) is 5.80. The molecule has 20 heavy (non-hydrogen) atoms. The zero-order valence-electron chi connectivity index (χ0n) is 10.4. The molecule has 0 spiro atoms. The molecule has 1 saturated heterocycles. The number of hydrogen-bond acceptors (Lipinski definition) is 5. The Kier molecular flexibility index (Phi) is 4.61. The number of para-hydroxylation sites is 1. The van der Waals surface area contributed by atoms with Crippen molar-refractivity contribution in [3.05, 3.63) is 34.1 Å².